The fourth-order valence-electron chi connectivity index (χ4n) is 4.45. The van der Waals surface area contributed by atoms with Crippen LogP contribution in [0.5, 0.6) is 0 Å². The zero-order valence-corrected chi connectivity index (χ0v) is 12.6. The first-order valence-electron chi connectivity index (χ1n) is 7.31. The van der Waals surface area contributed by atoms with E-state index in [4.69, 9.17) is 0 Å². The second-order valence-corrected chi connectivity index (χ2v) is 6.95. The van der Waals surface area contributed by atoms with Gasteiger partial charge in [0.2, 0.25) is 0 Å². The lowest BCUT2D eigenvalue weighted by Gasteiger charge is -2.35. The number of hydrogen-bond acceptors (Lipinski definition) is 0. The molecule has 0 aromatic heterocycles. The maximum absolute atomic E-state index is 2.56. The van der Waals surface area contributed by atoms with Crippen LogP contribution in [0, 0.1) is 22.2 Å². The van der Waals surface area contributed by atoms with Crippen LogP contribution in [0.2, 0.25) is 0 Å². The number of hydrogen-bond donors (Lipinski definition) is 0. The summed E-state index contributed by atoms with van der Waals surface area (Å²) in [6.45, 7) is 17.1. The average molecular weight is 224 g/mol. The van der Waals surface area contributed by atoms with Crippen molar-refractivity contribution >= 4 is 0 Å². The van der Waals surface area contributed by atoms with Gasteiger partial charge < -0.3 is 0 Å². The van der Waals surface area contributed by atoms with Gasteiger partial charge in [-0.1, -0.05) is 67.7 Å². The quantitative estimate of drug-likeness (QED) is 0.545. The Balaban J connectivity index is 2.94. The molecule has 0 spiro atoms. The van der Waals surface area contributed by atoms with Gasteiger partial charge in [0.1, 0.15) is 0 Å². The first-order chi connectivity index (χ1) is 7.31. The van der Waals surface area contributed by atoms with Crippen LogP contribution in [0.4, 0.5) is 0 Å². The van der Waals surface area contributed by atoms with Crippen LogP contribution >= 0.6 is 0 Å². The maximum Gasteiger partial charge on any atom is -0.0184 e. The van der Waals surface area contributed by atoms with E-state index in [1.54, 1.807) is 0 Å². The van der Waals surface area contributed by atoms with Crippen LogP contribution < -0.4 is 0 Å². The van der Waals surface area contributed by atoms with Crippen molar-refractivity contribution in [2.24, 2.45) is 22.2 Å². The first kappa shape index (κ1) is 14.1. The monoisotopic (exact) mass is 224 g/mol. The molecule has 0 aliphatic heterocycles. The third-order valence-electron chi connectivity index (χ3n) is 6.21. The second-order valence-electron chi connectivity index (χ2n) is 6.95. The normalized spacial score (nSPS) is 38.8. The maximum atomic E-state index is 2.56. The summed E-state index contributed by atoms with van der Waals surface area (Å²) >= 11 is 0. The topological polar surface area (TPSA) is 0 Å². The average Bonchev–Trinajstić information content (AvgIpc) is 2.69. The van der Waals surface area contributed by atoms with E-state index >= 15 is 0 Å². The highest BCUT2D eigenvalue weighted by atomic mass is 14.8. The fourth-order valence-corrected chi connectivity index (χ4v) is 4.45. The van der Waals surface area contributed by atoms with Gasteiger partial charge in [-0.05, 0) is 35.0 Å². The largest absolute Gasteiger partial charge is 0.0654 e. The summed E-state index contributed by atoms with van der Waals surface area (Å²) < 4.78 is 0. The molecule has 1 saturated carbocycles. The van der Waals surface area contributed by atoms with E-state index in [-0.39, 0.29) is 0 Å². The molecule has 0 heteroatoms. The van der Waals surface area contributed by atoms with Crippen molar-refractivity contribution in [1.82, 2.24) is 0 Å². The molecule has 0 N–H and O–H groups in total. The van der Waals surface area contributed by atoms with Gasteiger partial charge in [0, 0.05) is 0 Å². The molecule has 0 radical (unpaired) electrons. The molecule has 0 aromatic carbocycles. The Morgan fingerprint density at radius 2 is 1.56 bits per heavy atom. The minimum atomic E-state index is 0.497. The lowest BCUT2D eigenvalue weighted by atomic mass is 9.69. The van der Waals surface area contributed by atoms with Crippen LogP contribution in [-0.4, -0.2) is 0 Å². The lowest BCUT2D eigenvalue weighted by molar-refractivity contribution is 0.136. The predicted octanol–water partition coefficient (Wildman–Crippen LogP) is 5.67. The van der Waals surface area contributed by atoms with Gasteiger partial charge >= 0.3 is 0 Å². The SMILES string of the molecule is CCCC1C(C)(CCC)C1(C)C(C)(C)CC. The highest BCUT2D eigenvalue weighted by Gasteiger charge is 2.73. The molecule has 16 heavy (non-hydrogen) atoms. The van der Waals surface area contributed by atoms with E-state index in [0.717, 1.165) is 5.92 Å². The standard InChI is InChI=1S/C16H32/c1-8-11-13-15(6,12-9-2)16(13,7)14(4,5)10-3/h13H,8-12H2,1-7H3. The van der Waals surface area contributed by atoms with E-state index in [2.05, 4.69) is 48.5 Å². The molecule has 0 saturated heterocycles. The predicted molar refractivity (Wildman–Crippen MR) is 73.6 cm³/mol. The summed E-state index contributed by atoms with van der Waals surface area (Å²) in [5, 5.41) is 0. The van der Waals surface area contributed by atoms with Gasteiger partial charge in [0.25, 0.3) is 0 Å². The van der Waals surface area contributed by atoms with Gasteiger partial charge in [-0.25, -0.2) is 0 Å². The molecule has 0 heterocycles. The van der Waals surface area contributed by atoms with Gasteiger partial charge in [-0.3, -0.25) is 0 Å². The summed E-state index contributed by atoms with van der Waals surface area (Å²) in [6.07, 6.45) is 6.84. The lowest BCUT2D eigenvalue weighted by Crippen LogP contribution is -2.27. The minimum Gasteiger partial charge on any atom is -0.0654 e. The van der Waals surface area contributed by atoms with Crippen molar-refractivity contribution in [3.05, 3.63) is 0 Å². The molecule has 96 valence electrons. The van der Waals surface area contributed by atoms with Crippen LogP contribution in [0.15, 0.2) is 0 Å². The Morgan fingerprint density at radius 1 is 1.00 bits per heavy atom. The van der Waals surface area contributed by atoms with Gasteiger partial charge in [0.15, 0.2) is 0 Å². The summed E-state index contributed by atoms with van der Waals surface area (Å²) in [5.41, 5.74) is 1.68. The second kappa shape index (κ2) is 4.35. The smallest absolute Gasteiger partial charge is 0.0184 e. The van der Waals surface area contributed by atoms with Crippen LogP contribution in [-0.2, 0) is 0 Å². The molecule has 3 atom stereocenters. The van der Waals surface area contributed by atoms with Crippen LogP contribution in [0.25, 0.3) is 0 Å². The summed E-state index contributed by atoms with van der Waals surface area (Å²) in [5.74, 6) is 0.958. The van der Waals surface area contributed by atoms with E-state index in [9.17, 15) is 0 Å². The molecule has 0 nitrogen and oxygen atoms in total. The van der Waals surface area contributed by atoms with E-state index in [1.807, 2.05) is 0 Å². The molecule has 0 bridgehead atoms. The fraction of sp³-hybridized carbons (Fsp3) is 1.00. The molecular weight excluding hydrogens is 192 g/mol. The highest BCUT2D eigenvalue weighted by molar-refractivity contribution is 5.21. The van der Waals surface area contributed by atoms with Gasteiger partial charge in [-0.15, -0.1) is 0 Å². The van der Waals surface area contributed by atoms with Crippen molar-refractivity contribution in [1.29, 1.82) is 0 Å². The highest BCUT2D eigenvalue weighted by Crippen LogP contribution is 2.79. The van der Waals surface area contributed by atoms with Gasteiger partial charge in [-0.2, -0.15) is 0 Å². The summed E-state index contributed by atoms with van der Waals surface area (Å²) in [6, 6.07) is 0. The Morgan fingerprint density at radius 3 is 1.94 bits per heavy atom. The Hall–Kier alpha value is 0. The molecule has 0 amide bonds. The minimum absolute atomic E-state index is 0.497. The van der Waals surface area contributed by atoms with Crippen molar-refractivity contribution < 1.29 is 0 Å². The first-order valence-corrected chi connectivity index (χ1v) is 7.31. The van der Waals surface area contributed by atoms with Crippen molar-refractivity contribution in [2.75, 3.05) is 0 Å². The zero-order chi connectivity index (χ0) is 12.6. The third kappa shape index (κ3) is 1.64. The Labute approximate surface area is 103 Å². The summed E-state index contributed by atoms with van der Waals surface area (Å²) in [7, 11) is 0. The zero-order valence-electron chi connectivity index (χ0n) is 12.6. The van der Waals surface area contributed by atoms with E-state index < -0.39 is 0 Å². The molecule has 3 unspecified atom stereocenters. The molecule has 1 aliphatic rings. The number of rotatable bonds is 6. The summed E-state index contributed by atoms with van der Waals surface area (Å²) in [4.78, 5) is 0. The van der Waals surface area contributed by atoms with Crippen molar-refractivity contribution in [3.8, 4) is 0 Å². The molecule has 1 fully saturated rings. The molecular formula is C16H32. The van der Waals surface area contributed by atoms with Crippen molar-refractivity contribution in [2.45, 2.75) is 80.6 Å². The molecule has 1 aliphatic carbocycles. The Kier molecular flexibility index (Phi) is 3.82. The van der Waals surface area contributed by atoms with E-state index in [1.165, 1.54) is 32.1 Å². The van der Waals surface area contributed by atoms with E-state index in [0.29, 0.717) is 16.2 Å². The van der Waals surface area contributed by atoms with Gasteiger partial charge in [0.05, 0.1) is 0 Å². The Bertz CT molecular complexity index is 240. The van der Waals surface area contributed by atoms with Crippen LogP contribution in [0.1, 0.15) is 80.6 Å². The third-order valence-corrected chi connectivity index (χ3v) is 6.21. The van der Waals surface area contributed by atoms with Crippen LogP contribution in [0.3, 0.4) is 0 Å². The van der Waals surface area contributed by atoms with Crippen molar-refractivity contribution in [3.63, 3.8) is 0 Å². The molecule has 0 aromatic rings. The molecule has 1 rings (SSSR count).